The number of hydrogen-bond acceptors (Lipinski definition) is 4. The number of nitrogens with zero attached hydrogens (tertiary/aromatic N) is 3. The molecule has 0 radical (unpaired) electrons. The number of rotatable bonds is 6. The van der Waals surface area contributed by atoms with E-state index in [9.17, 15) is 4.79 Å². The van der Waals surface area contributed by atoms with Gasteiger partial charge < -0.3 is 19.9 Å². The molecule has 2 fully saturated rings. The summed E-state index contributed by atoms with van der Waals surface area (Å²) >= 11 is 0. The van der Waals surface area contributed by atoms with Crippen molar-refractivity contribution in [2.24, 2.45) is 0 Å². The van der Waals surface area contributed by atoms with Crippen molar-refractivity contribution in [1.29, 1.82) is 0 Å². The zero-order valence-corrected chi connectivity index (χ0v) is 15.9. The lowest BCUT2D eigenvalue weighted by molar-refractivity contribution is 0.00403. The Morgan fingerprint density at radius 1 is 1.23 bits per heavy atom. The minimum absolute atomic E-state index is 0.102. The van der Waals surface area contributed by atoms with Gasteiger partial charge >= 0.3 is 6.03 Å². The molecule has 0 saturated carbocycles. The van der Waals surface area contributed by atoms with Gasteiger partial charge in [0, 0.05) is 44.6 Å². The van der Waals surface area contributed by atoms with Gasteiger partial charge in [-0.2, -0.15) is 0 Å². The first-order valence-electron chi connectivity index (χ1n) is 10.0. The lowest BCUT2D eigenvalue weighted by atomic mass is 10.0. The predicted molar refractivity (Wildman–Crippen MR) is 102 cm³/mol. The summed E-state index contributed by atoms with van der Waals surface area (Å²) in [5, 5.41) is 3.24. The smallest absolute Gasteiger partial charge is 0.317 e. The Hall–Kier alpha value is -1.66. The van der Waals surface area contributed by atoms with Gasteiger partial charge in [0.15, 0.2) is 0 Å². The zero-order valence-electron chi connectivity index (χ0n) is 15.9. The van der Waals surface area contributed by atoms with Crippen molar-refractivity contribution >= 4 is 6.03 Å². The van der Waals surface area contributed by atoms with Crippen LogP contribution in [0.2, 0.25) is 0 Å². The summed E-state index contributed by atoms with van der Waals surface area (Å²) in [7, 11) is 0. The summed E-state index contributed by atoms with van der Waals surface area (Å²) in [5.74, 6) is 0. The number of carbonyl (C=O) groups is 1. The van der Waals surface area contributed by atoms with E-state index in [4.69, 9.17) is 4.74 Å². The summed E-state index contributed by atoms with van der Waals surface area (Å²) in [4.78, 5) is 21.1. The first-order chi connectivity index (χ1) is 12.7. The van der Waals surface area contributed by atoms with Crippen LogP contribution in [-0.4, -0.2) is 65.7 Å². The summed E-state index contributed by atoms with van der Waals surface area (Å²) in [6.45, 7) is 7.74. The second-order valence-corrected chi connectivity index (χ2v) is 7.42. The highest BCUT2D eigenvalue weighted by Crippen LogP contribution is 2.17. The van der Waals surface area contributed by atoms with Gasteiger partial charge in [0.2, 0.25) is 0 Å². The van der Waals surface area contributed by atoms with Crippen molar-refractivity contribution < 1.29 is 9.53 Å². The van der Waals surface area contributed by atoms with Crippen LogP contribution in [0.15, 0.2) is 24.5 Å². The van der Waals surface area contributed by atoms with Crippen molar-refractivity contribution in [3.63, 3.8) is 0 Å². The SMILES string of the molecule is CCCN1CCC(NC(=O)N2CCC(OCc3cccnc3)CC2)CC1. The Kier molecular flexibility index (Phi) is 7.26. The van der Waals surface area contributed by atoms with Gasteiger partial charge in [-0.15, -0.1) is 0 Å². The van der Waals surface area contributed by atoms with Crippen molar-refractivity contribution in [3.8, 4) is 0 Å². The number of hydrogen-bond donors (Lipinski definition) is 1. The molecule has 6 heteroatoms. The van der Waals surface area contributed by atoms with E-state index in [1.54, 1.807) is 6.20 Å². The fraction of sp³-hybridized carbons (Fsp3) is 0.700. The molecule has 1 N–H and O–H groups in total. The van der Waals surface area contributed by atoms with Crippen molar-refractivity contribution in [2.75, 3.05) is 32.7 Å². The first kappa shape index (κ1) is 19.1. The summed E-state index contributed by atoms with van der Waals surface area (Å²) in [6, 6.07) is 4.39. The van der Waals surface area contributed by atoms with Gasteiger partial charge in [-0.25, -0.2) is 4.79 Å². The van der Waals surface area contributed by atoms with E-state index < -0.39 is 0 Å². The number of ether oxygens (including phenoxy) is 1. The largest absolute Gasteiger partial charge is 0.373 e. The standard InChI is InChI=1S/C20H32N4O2/c1-2-10-23-11-5-18(6-12-23)22-20(25)24-13-7-19(8-14-24)26-16-17-4-3-9-21-15-17/h3-4,9,15,18-19H,2,5-8,10-14,16H2,1H3,(H,22,25). The van der Waals surface area contributed by atoms with E-state index in [-0.39, 0.29) is 12.1 Å². The summed E-state index contributed by atoms with van der Waals surface area (Å²) in [5.41, 5.74) is 1.10. The Labute approximate surface area is 156 Å². The van der Waals surface area contributed by atoms with Crippen LogP contribution >= 0.6 is 0 Å². The molecule has 2 amide bonds. The molecule has 0 atom stereocenters. The molecule has 3 rings (SSSR count). The fourth-order valence-electron chi connectivity index (χ4n) is 3.81. The van der Waals surface area contributed by atoms with Crippen LogP contribution < -0.4 is 5.32 Å². The monoisotopic (exact) mass is 360 g/mol. The number of aromatic nitrogens is 1. The van der Waals surface area contributed by atoms with E-state index in [0.717, 1.165) is 57.4 Å². The molecule has 0 spiro atoms. The van der Waals surface area contributed by atoms with Gasteiger partial charge in [0.05, 0.1) is 12.7 Å². The van der Waals surface area contributed by atoms with Gasteiger partial charge in [0.25, 0.3) is 0 Å². The van der Waals surface area contributed by atoms with Crippen molar-refractivity contribution in [1.82, 2.24) is 20.1 Å². The maximum Gasteiger partial charge on any atom is 0.317 e. The molecule has 6 nitrogen and oxygen atoms in total. The normalized spacial score (nSPS) is 20.3. The number of urea groups is 1. The van der Waals surface area contributed by atoms with Crippen molar-refractivity contribution in [2.45, 2.75) is 57.8 Å². The molecule has 0 bridgehead atoms. The highest BCUT2D eigenvalue weighted by atomic mass is 16.5. The molecule has 3 heterocycles. The van der Waals surface area contributed by atoms with Crippen molar-refractivity contribution in [3.05, 3.63) is 30.1 Å². The molecule has 26 heavy (non-hydrogen) atoms. The average molecular weight is 361 g/mol. The Balaban J connectivity index is 1.33. The van der Waals surface area contributed by atoms with E-state index in [1.807, 2.05) is 23.2 Å². The van der Waals surface area contributed by atoms with E-state index in [1.165, 1.54) is 13.0 Å². The number of likely N-dealkylation sites (tertiary alicyclic amines) is 2. The van der Waals surface area contributed by atoms with Gasteiger partial charge in [0.1, 0.15) is 0 Å². The third-order valence-electron chi connectivity index (χ3n) is 5.39. The van der Waals surface area contributed by atoms with E-state index in [2.05, 4.69) is 22.1 Å². The third kappa shape index (κ3) is 5.68. The Morgan fingerprint density at radius 3 is 2.65 bits per heavy atom. The molecule has 0 aromatic carbocycles. The Bertz CT molecular complexity index is 538. The minimum atomic E-state index is 0.102. The van der Waals surface area contributed by atoms with Crippen LogP contribution in [0.1, 0.15) is 44.6 Å². The quantitative estimate of drug-likeness (QED) is 0.847. The van der Waals surface area contributed by atoms with Crippen LogP contribution in [0.3, 0.4) is 0 Å². The fourth-order valence-corrected chi connectivity index (χ4v) is 3.81. The molecule has 1 aromatic rings. The highest BCUT2D eigenvalue weighted by molar-refractivity contribution is 5.74. The average Bonchev–Trinajstić information content (AvgIpc) is 2.69. The van der Waals surface area contributed by atoms with Crippen LogP contribution in [0.25, 0.3) is 0 Å². The van der Waals surface area contributed by atoms with Crippen LogP contribution in [0, 0.1) is 0 Å². The molecular formula is C20H32N4O2. The van der Waals surface area contributed by atoms with Crippen LogP contribution in [0.5, 0.6) is 0 Å². The molecule has 2 saturated heterocycles. The number of nitrogens with one attached hydrogen (secondary N) is 1. The molecule has 2 aliphatic heterocycles. The molecule has 1 aromatic heterocycles. The van der Waals surface area contributed by atoms with E-state index >= 15 is 0 Å². The molecule has 144 valence electrons. The lowest BCUT2D eigenvalue weighted by Crippen LogP contribution is -2.51. The minimum Gasteiger partial charge on any atom is -0.373 e. The topological polar surface area (TPSA) is 57.7 Å². The number of amides is 2. The lowest BCUT2D eigenvalue weighted by Gasteiger charge is -2.36. The second-order valence-electron chi connectivity index (χ2n) is 7.42. The molecular weight excluding hydrogens is 328 g/mol. The van der Waals surface area contributed by atoms with Gasteiger partial charge in [-0.05, 0) is 50.3 Å². The summed E-state index contributed by atoms with van der Waals surface area (Å²) < 4.78 is 5.98. The highest BCUT2D eigenvalue weighted by Gasteiger charge is 2.26. The molecule has 2 aliphatic rings. The predicted octanol–water partition coefficient (Wildman–Crippen LogP) is 2.65. The van der Waals surface area contributed by atoms with Gasteiger partial charge in [-0.1, -0.05) is 13.0 Å². The number of piperidine rings is 2. The van der Waals surface area contributed by atoms with Gasteiger partial charge in [-0.3, -0.25) is 4.98 Å². The maximum atomic E-state index is 12.5. The zero-order chi connectivity index (χ0) is 18.2. The summed E-state index contributed by atoms with van der Waals surface area (Å²) in [6.07, 6.45) is 8.99. The number of pyridine rings is 1. The van der Waals surface area contributed by atoms with Crippen LogP contribution in [-0.2, 0) is 11.3 Å². The molecule has 0 unspecified atom stereocenters. The van der Waals surface area contributed by atoms with E-state index in [0.29, 0.717) is 12.6 Å². The maximum absolute atomic E-state index is 12.5. The first-order valence-corrected chi connectivity index (χ1v) is 10.0. The number of carbonyl (C=O) groups excluding carboxylic acids is 1. The Morgan fingerprint density at radius 2 is 2.00 bits per heavy atom. The van der Waals surface area contributed by atoms with Crippen LogP contribution in [0.4, 0.5) is 4.79 Å². The third-order valence-corrected chi connectivity index (χ3v) is 5.39. The second kappa shape index (κ2) is 9.88. The molecule has 0 aliphatic carbocycles.